The molecule has 0 spiro atoms. The average molecular weight is 370 g/mol. The second kappa shape index (κ2) is 9.20. The van der Waals surface area contributed by atoms with E-state index in [1.807, 2.05) is 30.3 Å². The van der Waals surface area contributed by atoms with Crippen LogP contribution in [0.2, 0.25) is 0 Å². The van der Waals surface area contributed by atoms with Crippen LogP contribution in [0.5, 0.6) is 0 Å². The van der Waals surface area contributed by atoms with Crippen molar-refractivity contribution in [1.82, 2.24) is 10.2 Å². The molecular weight excluding hydrogens is 340 g/mol. The van der Waals surface area contributed by atoms with Gasteiger partial charge in [0.1, 0.15) is 5.76 Å². The van der Waals surface area contributed by atoms with Gasteiger partial charge in [-0.25, -0.2) is 0 Å². The average Bonchev–Trinajstić information content (AvgIpc) is 3.22. The number of hydrogen-bond acceptors (Lipinski definition) is 4. The Hall–Kier alpha value is -2.11. The zero-order chi connectivity index (χ0) is 19.1. The molecule has 2 aromatic rings. The lowest BCUT2D eigenvalue weighted by molar-refractivity contribution is -0.122. The molecule has 1 fully saturated rings. The standard InChI is InChI=1S/C22H30N2O3/c1-24(2)22(10-13-26-14-11-22)17-23-21(25)16-19(20-9-6-12-27-20)15-18-7-4-3-5-8-18/h3-9,12,19H,10-11,13-17H2,1-2H3,(H,23,25). The van der Waals surface area contributed by atoms with E-state index < -0.39 is 0 Å². The molecule has 1 aliphatic heterocycles. The largest absolute Gasteiger partial charge is 0.469 e. The number of benzene rings is 1. The van der Waals surface area contributed by atoms with Crippen molar-refractivity contribution in [1.29, 1.82) is 0 Å². The van der Waals surface area contributed by atoms with Crippen LogP contribution in [0.4, 0.5) is 0 Å². The molecule has 0 radical (unpaired) electrons. The third-order valence-electron chi connectivity index (χ3n) is 5.69. The highest BCUT2D eigenvalue weighted by molar-refractivity contribution is 5.77. The Bertz CT molecular complexity index is 692. The monoisotopic (exact) mass is 370 g/mol. The Labute approximate surface area is 161 Å². The number of carbonyl (C=O) groups is 1. The molecule has 146 valence electrons. The normalized spacial score (nSPS) is 17.6. The van der Waals surface area contributed by atoms with Crippen LogP contribution in [0.1, 0.15) is 36.5 Å². The van der Waals surface area contributed by atoms with Crippen LogP contribution in [-0.4, -0.2) is 50.2 Å². The summed E-state index contributed by atoms with van der Waals surface area (Å²) in [5.74, 6) is 0.967. The van der Waals surface area contributed by atoms with Crippen molar-refractivity contribution in [3.63, 3.8) is 0 Å². The van der Waals surface area contributed by atoms with Crippen molar-refractivity contribution < 1.29 is 13.9 Å². The molecule has 1 N–H and O–H groups in total. The van der Waals surface area contributed by atoms with Gasteiger partial charge in [0.2, 0.25) is 5.91 Å². The van der Waals surface area contributed by atoms with E-state index in [1.54, 1.807) is 6.26 Å². The summed E-state index contributed by atoms with van der Waals surface area (Å²) in [6, 6.07) is 14.1. The van der Waals surface area contributed by atoms with Gasteiger partial charge in [0.05, 0.1) is 6.26 Å². The highest BCUT2D eigenvalue weighted by Gasteiger charge is 2.35. The molecule has 3 rings (SSSR count). The minimum atomic E-state index is -0.0203. The van der Waals surface area contributed by atoms with E-state index in [2.05, 4.69) is 36.4 Å². The van der Waals surface area contributed by atoms with Crippen molar-refractivity contribution in [2.24, 2.45) is 0 Å². The number of furan rings is 1. The Morgan fingerprint density at radius 3 is 2.52 bits per heavy atom. The summed E-state index contributed by atoms with van der Waals surface area (Å²) in [5, 5.41) is 3.17. The predicted octanol–water partition coefficient (Wildman–Crippen LogP) is 3.22. The van der Waals surface area contributed by atoms with Crippen LogP contribution in [0.3, 0.4) is 0 Å². The molecule has 5 heteroatoms. The summed E-state index contributed by atoms with van der Waals surface area (Å²) in [4.78, 5) is 15.0. The Morgan fingerprint density at radius 1 is 1.15 bits per heavy atom. The fourth-order valence-electron chi connectivity index (χ4n) is 3.79. The first-order valence-electron chi connectivity index (χ1n) is 9.68. The number of hydrogen-bond donors (Lipinski definition) is 1. The minimum absolute atomic E-state index is 0.0203. The van der Waals surface area contributed by atoms with E-state index in [-0.39, 0.29) is 17.4 Å². The molecule has 1 aliphatic rings. The fraction of sp³-hybridized carbons (Fsp3) is 0.500. The van der Waals surface area contributed by atoms with E-state index in [4.69, 9.17) is 9.15 Å². The van der Waals surface area contributed by atoms with Crippen LogP contribution >= 0.6 is 0 Å². The SMILES string of the molecule is CN(C)C1(CNC(=O)CC(Cc2ccccc2)c2ccco2)CCOCC1. The quantitative estimate of drug-likeness (QED) is 0.775. The van der Waals surface area contributed by atoms with Gasteiger partial charge in [-0.2, -0.15) is 0 Å². The lowest BCUT2D eigenvalue weighted by atomic mass is 9.88. The highest BCUT2D eigenvalue weighted by atomic mass is 16.5. The molecule has 27 heavy (non-hydrogen) atoms. The molecule has 1 saturated heterocycles. The first kappa shape index (κ1) is 19.6. The van der Waals surface area contributed by atoms with Gasteiger partial charge in [-0.15, -0.1) is 0 Å². The fourth-order valence-corrected chi connectivity index (χ4v) is 3.79. The summed E-state index contributed by atoms with van der Waals surface area (Å²) < 4.78 is 11.1. The van der Waals surface area contributed by atoms with Gasteiger partial charge in [-0.1, -0.05) is 30.3 Å². The van der Waals surface area contributed by atoms with E-state index in [1.165, 1.54) is 5.56 Å². The molecule has 0 bridgehead atoms. The highest BCUT2D eigenvalue weighted by Crippen LogP contribution is 2.27. The molecular formula is C22H30N2O3. The van der Waals surface area contributed by atoms with E-state index in [0.29, 0.717) is 13.0 Å². The number of ether oxygens (including phenoxy) is 1. The number of amides is 1. The van der Waals surface area contributed by atoms with Gasteiger partial charge < -0.3 is 19.4 Å². The zero-order valence-corrected chi connectivity index (χ0v) is 16.3. The number of carbonyl (C=O) groups excluding carboxylic acids is 1. The smallest absolute Gasteiger partial charge is 0.220 e. The van der Waals surface area contributed by atoms with Crippen LogP contribution in [0.15, 0.2) is 53.1 Å². The molecule has 2 heterocycles. The van der Waals surface area contributed by atoms with E-state index in [0.717, 1.165) is 38.2 Å². The van der Waals surface area contributed by atoms with Crippen molar-refractivity contribution in [2.45, 2.75) is 37.1 Å². The van der Waals surface area contributed by atoms with Gasteiger partial charge >= 0.3 is 0 Å². The summed E-state index contributed by atoms with van der Waals surface area (Å²) >= 11 is 0. The molecule has 1 aromatic heterocycles. The number of nitrogens with zero attached hydrogens (tertiary/aromatic N) is 1. The second-order valence-corrected chi connectivity index (χ2v) is 7.61. The molecule has 1 unspecified atom stereocenters. The van der Waals surface area contributed by atoms with Gasteiger partial charge in [0, 0.05) is 37.6 Å². The summed E-state index contributed by atoms with van der Waals surface area (Å²) in [6.45, 7) is 2.15. The third-order valence-corrected chi connectivity index (χ3v) is 5.69. The predicted molar refractivity (Wildman–Crippen MR) is 106 cm³/mol. The van der Waals surface area contributed by atoms with Crippen LogP contribution in [0, 0.1) is 0 Å². The molecule has 0 aliphatic carbocycles. The van der Waals surface area contributed by atoms with Crippen molar-refractivity contribution in [3.05, 3.63) is 60.1 Å². The summed E-state index contributed by atoms with van der Waals surface area (Å²) in [6.07, 6.45) is 4.75. The van der Waals surface area contributed by atoms with Crippen LogP contribution in [0.25, 0.3) is 0 Å². The Morgan fingerprint density at radius 2 is 1.89 bits per heavy atom. The van der Waals surface area contributed by atoms with Crippen molar-refractivity contribution in [2.75, 3.05) is 33.9 Å². The molecule has 1 atom stereocenters. The topological polar surface area (TPSA) is 54.7 Å². The molecule has 0 saturated carbocycles. The lowest BCUT2D eigenvalue weighted by Gasteiger charge is -2.42. The van der Waals surface area contributed by atoms with Crippen LogP contribution < -0.4 is 5.32 Å². The second-order valence-electron chi connectivity index (χ2n) is 7.61. The summed E-state index contributed by atoms with van der Waals surface area (Å²) in [7, 11) is 4.16. The van der Waals surface area contributed by atoms with Gasteiger partial charge in [-0.3, -0.25) is 4.79 Å². The number of likely N-dealkylation sites (N-methyl/N-ethyl adjacent to an activating group) is 1. The molecule has 5 nitrogen and oxygen atoms in total. The van der Waals surface area contributed by atoms with Crippen molar-refractivity contribution in [3.8, 4) is 0 Å². The van der Waals surface area contributed by atoms with Crippen LogP contribution in [-0.2, 0) is 16.0 Å². The molecule has 1 amide bonds. The van der Waals surface area contributed by atoms with E-state index in [9.17, 15) is 4.79 Å². The first-order chi connectivity index (χ1) is 13.1. The molecule has 1 aromatic carbocycles. The van der Waals surface area contributed by atoms with Gasteiger partial charge in [0.15, 0.2) is 0 Å². The van der Waals surface area contributed by atoms with Gasteiger partial charge in [-0.05, 0) is 51.1 Å². The van der Waals surface area contributed by atoms with Crippen molar-refractivity contribution >= 4 is 5.91 Å². The Kier molecular flexibility index (Phi) is 6.69. The maximum Gasteiger partial charge on any atom is 0.220 e. The maximum absolute atomic E-state index is 12.7. The Balaban J connectivity index is 1.62. The van der Waals surface area contributed by atoms with Gasteiger partial charge in [0.25, 0.3) is 0 Å². The summed E-state index contributed by atoms with van der Waals surface area (Å²) in [5.41, 5.74) is 1.19. The number of rotatable bonds is 8. The number of nitrogens with one attached hydrogen (secondary N) is 1. The zero-order valence-electron chi connectivity index (χ0n) is 16.3. The lowest BCUT2D eigenvalue weighted by Crippen LogP contribution is -2.55. The third kappa shape index (κ3) is 5.21. The maximum atomic E-state index is 12.7. The first-order valence-corrected chi connectivity index (χ1v) is 9.68. The minimum Gasteiger partial charge on any atom is -0.469 e. The van der Waals surface area contributed by atoms with E-state index >= 15 is 0 Å².